The van der Waals surface area contributed by atoms with Crippen LogP contribution in [-0.2, 0) is 6.54 Å². The maximum atomic E-state index is 13.7. The number of fused-ring (bicyclic) bond motifs is 1. The molecule has 186 valence electrons. The number of nitrogens with zero attached hydrogens (tertiary/aromatic N) is 4. The zero-order chi connectivity index (χ0) is 25.2. The van der Waals surface area contributed by atoms with Gasteiger partial charge in [0.25, 0.3) is 0 Å². The van der Waals surface area contributed by atoms with Crippen molar-refractivity contribution in [1.29, 1.82) is 0 Å². The Balaban J connectivity index is 1.25. The number of hydrogen-bond donors (Lipinski definition) is 0. The lowest BCUT2D eigenvalue weighted by Gasteiger charge is -2.39. The molecular formula is C31H28F2N4. The standard InChI is InChI=1S/C31H28F2N4/c32-26-13-9-24(10-14-26)31(25-11-15-27(33)16-12-25)36-20-18-35(19-21-36)22-28-30(23-6-2-1-3-7-23)34-29-8-4-5-17-37(28)29/h1-17,31H,18-22H2. The average molecular weight is 495 g/mol. The van der Waals surface area contributed by atoms with E-state index in [1.807, 2.05) is 60.7 Å². The summed E-state index contributed by atoms with van der Waals surface area (Å²) in [5.41, 5.74) is 6.29. The van der Waals surface area contributed by atoms with Gasteiger partial charge < -0.3 is 4.40 Å². The van der Waals surface area contributed by atoms with E-state index in [4.69, 9.17) is 4.98 Å². The molecule has 6 heteroatoms. The molecule has 1 fully saturated rings. The summed E-state index contributed by atoms with van der Waals surface area (Å²) in [4.78, 5) is 9.82. The van der Waals surface area contributed by atoms with E-state index in [0.717, 1.165) is 60.8 Å². The van der Waals surface area contributed by atoms with Gasteiger partial charge in [0.05, 0.1) is 17.4 Å². The summed E-state index contributed by atoms with van der Waals surface area (Å²) in [6.45, 7) is 4.25. The van der Waals surface area contributed by atoms with Crippen LogP contribution in [0.15, 0.2) is 103 Å². The number of pyridine rings is 1. The molecule has 1 aliphatic rings. The van der Waals surface area contributed by atoms with Crippen molar-refractivity contribution in [2.45, 2.75) is 12.6 Å². The number of piperazine rings is 1. The number of aromatic nitrogens is 2. The van der Waals surface area contributed by atoms with Crippen LogP contribution in [0.1, 0.15) is 22.9 Å². The molecule has 0 N–H and O–H groups in total. The molecule has 0 spiro atoms. The van der Waals surface area contributed by atoms with E-state index in [9.17, 15) is 8.78 Å². The molecule has 3 heterocycles. The quantitative estimate of drug-likeness (QED) is 0.281. The van der Waals surface area contributed by atoms with E-state index in [0.29, 0.717) is 0 Å². The highest BCUT2D eigenvalue weighted by atomic mass is 19.1. The highest BCUT2D eigenvalue weighted by molar-refractivity contribution is 5.66. The maximum absolute atomic E-state index is 13.7. The van der Waals surface area contributed by atoms with Crippen LogP contribution in [0, 0.1) is 11.6 Å². The molecule has 2 aromatic heterocycles. The average Bonchev–Trinajstić information content (AvgIpc) is 3.31. The molecule has 0 atom stereocenters. The third-order valence-corrected chi connectivity index (χ3v) is 7.19. The molecule has 6 rings (SSSR count). The van der Waals surface area contributed by atoms with Crippen molar-refractivity contribution in [2.24, 2.45) is 0 Å². The molecule has 0 bridgehead atoms. The Morgan fingerprint density at radius 3 is 1.89 bits per heavy atom. The van der Waals surface area contributed by atoms with Crippen LogP contribution in [0.3, 0.4) is 0 Å². The molecule has 5 aromatic rings. The van der Waals surface area contributed by atoms with E-state index in [1.54, 1.807) is 0 Å². The van der Waals surface area contributed by atoms with Gasteiger partial charge in [0.2, 0.25) is 0 Å². The van der Waals surface area contributed by atoms with Gasteiger partial charge >= 0.3 is 0 Å². The zero-order valence-electron chi connectivity index (χ0n) is 20.5. The van der Waals surface area contributed by atoms with Crippen molar-refractivity contribution in [1.82, 2.24) is 19.2 Å². The first-order valence-corrected chi connectivity index (χ1v) is 12.6. The zero-order valence-corrected chi connectivity index (χ0v) is 20.5. The van der Waals surface area contributed by atoms with Gasteiger partial charge in [-0.05, 0) is 47.5 Å². The summed E-state index contributed by atoms with van der Waals surface area (Å²) >= 11 is 0. The molecule has 37 heavy (non-hydrogen) atoms. The third kappa shape index (κ3) is 4.90. The second-order valence-electron chi connectivity index (χ2n) is 9.52. The highest BCUT2D eigenvalue weighted by Gasteiger charge is 2.27. The Bertz CT molecular complexity index is 1430. The summed E-state index contributed by atoms with van der Waals surface area (Å²) in [7, 11) is 0. The lowest BCUT2D eigenvalue weighted by molar-refractivity contribution is 0.104. The summed E-state index contributed by atoms with van der Waals surface area (Å²) < 4.78 is 29.5. The topological polar surface area (TPSA) is 23.8 Å². The van der Waals surface area contributed by atoms with Gasteiger partial charge in [-0.15, -0.1) is 0 Å². The number of hydrogen-bond acceptors (Lipinski definition) is 3. The van der Waals surface area contributed by atoms with Crippen LogP contribution >= 0.6 is 0 Å². The molecule has 1 aliphatic heterocycles. The third-order valence-electron chi connectivity index (χ3n) is 7.19. The van der Waals surface area contributed by atoms with Crippen molar-refractivity contribution in [3.63, 3.8) is 0 Å². The second kappa shape index (κ2) is 10.2. The second-order valence-corrected chi connectivity index (χ2v) is 9.52. The molecular weight excluding hydrogens is 466 g/mol. The molecule has 4 nitrogen and oxygen atoms in total. The van der Waals surface area contributed by atoms with Crippen molar-refractivity contribution in [3.05, 3.63) is 132 Å². The van der Waals surface area contributed by atoms with Gasteiger partial charge in [-0.2, -0.15) is 0 Å². The maximum Gasteiger partial charge on any atom is 0.137 e. The summed E-state index contributed by atoms with van der Waals surface area (Å²) in [5, 5.41) is 0. The number of rotatable bonds is 6. The van der Waals surface area contributed by atoms with Gasteiger partial charge in [-0.25, -0.2) is 13.8 Å². The van der Waals surface area contributed by atoms with Crippen molar-refractivity contribution >= 4 is 5.65 Å². The molecule has 0 saturated carbocycles. The number of halogens is 2. The predicted molar refractivity (Wildman–Crippen MR) is 142 cm³/mol. The fraction of sp³-hybridized carbons (Fsp3) is 0.194. The van der Waals surface area contributed by atoms with Gasteiger partial charge in [-0.3, -0.25) is 9.80 Å². The number of benzene rings is 3. The van der Waals surface area contributed by atoms with Gasteiger partial charge in [-0.1, -0.05) is 60.7 Å². The molecule has 0 radical (unpaired) electrons. The van der Waals surface area contributed by atoms with E-state index in [2.05, 4.69) is 32.5 Å². The smallest absolute Gasteiger partial charge is 0.137 e. The number of imidazole rings is 1. The predicted octanol–water partition coefficient (Wildman–Crippen LogP) is 6.19. The minimum atomic E-state index is -0.256. The van der Waals surface area contributed by atoms with Crippen LogP contribution in [0.25, 0.3) is 16.9 Å². The molecule has 0 aliphatic carbocycles. The Kier molecular flexibility index (Phi) is 6.51. The van der Waals surface area contributed by atoms with Crippen LogP contribution < -0.4 is 0 Å². The summed E-state index contributed by atoms with van der Waals surface area (Å²) in [6.07, 6.45) is 2.08. The van der Waals surface area contributed by atoms with Crippen molar-refractivity contribution in [3.8, 4) is 11.3 Å². The van der Waals surface area contributed by atoms with Crippen LogP contribution in [0.5, 0.6) is 0 Å². The Morgan fingerprint density at radius 1 is 0.676 bits per heavy atom. The fourth-order valence-electron chi connectivity index (χ4n) is 5.32. The molecule has 0 unspecified atom stereocenters. The van der Waals surface area contributed by atoms with Crippen LogP contribution in [0.2, 0.25) is 0 Å². The largest absolute Gasteiger partial charge is 0.302 e. The monoisotopic (exact) mass is 494 g/mol. The SMILES string of the molecule is Fc1ccc(C(c2ccc(F)cc2)N2CCN(Cc3c(-c4ccccc4)nc4ccccn34)CC2)cc1. The van der Waals surface area contributed by atoms with E-state index < -0.39 is 0 Å². The minimum absolute atomic E-state index is 0.0565. The van der Waals surface area contributed by atoms with Crippen molar-refractivity contribution < 1.29 is 8.78 Å². The van der Waals surface area contributed by atoms with Crippen LogP contribution in [0.4, 0.5) is 8.78 Å². The van der Waals surface area contributed by atoms with Gasteiger partial charge in [0.15, 0.2) is 0 Å². The van der Waals surface area contributed by atoms with Crippen molar-refractivity contribution in [2.75, 3.05) is 26.2 Å². The van der Waals surface area contributed by atoms with E-state index in [1.165, 1.54) is 30.0 Å². The first-order valence-electron chi connectivity index (χ1n) is 12.6. The molecule has 3 aromatic carbocycles. The lowest BCUT2D eigenvalue weighted by atomic mass is 9.96. The fourth-order valence-corrected chi connectivity index (χ4v) is 5.32. The first-order chi connectivity index (χ1) is 18.2. The minimum Gasteiger partial charge on any atom is -0.302 e. The Hall–Kier alpha value is -3.87. The van der Waals surface area contributed by atoms with E-state index >= 15 is 0 Å². The molecule has 1 saturated heterocycles. The summed E-state index contributed by atoms with van der Waals surface area (Å²) in [6, 6.07) is 29.7. The first kappa shape index (κ1) is 23.5. The van der Waals surface area contributed by atoms with Crippen LogP contribution in [-0.4, -0.2) is 45.4 Å². The lowest BCUT2D eigenvalue weighted by Crippen LogP contribution is -2.47. The Labute approximate surface area is 215 Å². The van der Waals surface area contributed by atoms with Gasteiger partial charge in [0.1, 0.15) is 17.3 Å². The van der Waals surface area contributed by atoms with E-state index in [-0.39, 0.29) is 17.7 Å². The Morgan fingerprint density at radius 2 is 1.27 bits per heavy atom. The van der Waals surface area contributed by atoms with Gasteiger partial charge in [0, 0.05) is 44.5 Å². The highest BCUT2D eigenvalue weighted by Crippen LogP contribution is 2.31. The summed E-state index contributed by atoms with van der Waals surface area (Å²) in [5.74, 6) is -0.512. The normalized spacial score (nSPS) is 15.0. The molecule has 0 amide bonds.